The Morgan fingerprint density at radius 1 is 0.950 bits per heavy atom. The van der Waals surface area contributed by atoms with Gasteiger partial charge in [0.25, 0.3) is 15.9 Å². The number of ether oxygens (including phenoxy) is 2. The summed E-state index contributed by atoms with van der Waals surface area (Å²) >= 11 is 0. The van der Waals surface area contributed by atoms with Crippen molar-refractivity contribution in [1.29, 1.82) is 0 Å². The van der Waals surface area contributed by atoms with E-state index < -0.39 is 22.5 Å². The highest BCUT2D eigenvalue weighted by molar-refractivity contribution is 7.92. The summed E-state index contributed by atoms with van der Waals surface area (Å²) in [5.74, 6) is 0.0943. The summed E-state index contributed by atoms with van der Waals surface area (Å²) in [6, 6.07) is 23.0. The van der Waals surface area contributed by atoms with Gasteiger partial charge in [-0.25, -0.2) is 13.8 Å². The molecule has 0 bridgehead atoms. The van der Waals surface area contributed by atoms with Gasteiger partial charge in [0.15, 0.2) is 0 Å². The van der Waals surface area contributed by atoms with E-state index in [1.54, 1.807) is 36.5 Å². The topological polar surface area (TPSA) is 102 Å². The number of nitrogens with one attached hydrogen (secondary N) is 1. The molecular weight excluding hydrogens is 528 g/mol. The molecule has 0 unspecified atom stereocenters. The van der Waals surface area contributed by atoms with E-state index >= 15 is 0 Å². The molecule has 0 spiro atoms. The second kappa shape index (κ2) is 12.1. The van der Waals surface area contributed by atoms with Gasteiger partial charge < -0.3 is 14.0 Å². The summed E-state index contributed by atoms with van der Waals surface area (Å²) in [6.45, 7) is 5.30. The Labute approximate surface area is 234 Å². The molecular formula is C30H32N4O5S. The molecule has 1 amide bonds. The maximum Gasteiger partial charge on any atom is 0.264 e. The highest BCUT2D eigenvalue weighted by Crippen LogP contribution is 2.35. The highest BCUT2D eigenvalue weighted by atomic mass is 32.2. The van der Waals surface area contributed by atoms with Gasteiger partial charge in [-0.15, -0.1) is 0 Å². The van der Waals surface area contributed by atoms with Gasteiger partial charge in [-0.1, -0.05) is 35.9 Å². The van der Waals surface area contributed by atoms with Crippen LogP contribution in [0.5, 0.6) is 11.5 Å². The van der Waals surface area contributed by atoms with Gasteiger partial charge in [-0.2, -0.15) is 5.10 Å². The predicted molar refractivity (Wildman–Crippen MR) is 156 cm³/mol. The zero-order chi connectivity index (χ0) is 28.9. The van der Waals surface area contributed by atoms with Gasteiger partial charge in [-0.3, -0.25) is 9.10 Å². The molecule has 0 fully saturated rings. The summed E-state index contributed by atoms with van der Waals surface area (Å²) < 4.78 is 41.3. The SMILES string of the molecule is COc1ccc(N(CC(=O)N/N=C\c2cc(C)n(-c3ccccc3)c2C)S(=O)(=O)c2ccc(C)cc2)c(OC)c1. The van der Waals surface area contributed by atoms with Crippen molar-refractivity contribution < 1.29 is 22.7 Å². The Hall–Kier alpha value is -4.57. The number of carbonyl (C=O) groups is 1. The van der Waals surface area contributed by atoms with Crippen molar-refractivity contribution in [2.75, 3.05) is 25.1 Å². The quantitative estimate of drug-likeness (QED) is 0.223. The lowest BCUT2D eigenvalue weighted by Crippen LogP contribution is -2.39. The molecule has 0 aliphatic carbocycles. The Morgan fingerprint density at radius 3 is 2.30 bits per heavy atom. The summed E-state index contributed by atoms with van der Waals surface area (Å²) in [4.78, 5) is 13.1. The maximum atomic E-state index is 13.7. The normalized spacial score (nSPS) is 11.4. The minimum absolute atomic E-state index is 0.0422. The first kappa shape index (κ1) is 28.4. The predicted octanol–water partition coefficient (Wildman–Crippen LogP) is 4.77. The lowest BCUT2D eigenvalue weighted by Gasteiger charge is -2.25. The van der Waals surface area contributed by atoms with Gasteiger partial charge in [0.05, 0.1) is 31.0 Å². The number of amides is 1. The third-order valence-electron chi connectivity index (χ3n) is 6.43. The van der Waals surface area contributed by atoms with Gasteiger partial charge in [0.1, 0.15) is 18.0 Å². The summed E-state index contributed by atoms with van der Waals surface area (Å²) in [7, 11) is -1.22. The molecule has 0 saturated heterocycles. The van der Waals surface area contributed by atoms with Crippen LogP contribution in [0.4, 0.5) is 5.69 Å². The van der Waals surface area contributed by atoms with Crippen LogP contribution in [-0.4, -0.2) is 45.9 Å². The van der Waals surface area contributed by atoms with Gasteiger partial charge >= 0.3 is 0 Å². The van der Waals surface area contributed by atoms with Crippen LogP contribution in [0, 0.1) is 20.8 Å². The van der Waals surface area contributed by atoms with Crippen LogP contribution in [-0.2, 0) is 14.8 Å². The highest BCUT2D eigenvalue weighted by Gasteiger charge is 2.29. The summed E-state index contributed by atoms with van der Waals surface area (Å²) in [6.07, 6.45) is 1.55. The molecule has 1 N–H and O–H groups in total. The average molecular weight is 561 g/mol. The monoisotopic (exact) mass is 560 g/mol. The third kappa shape index (κ3) is 6.02. The van der Waals surface area contributed by atoms with E-state index in [-0.39, 0.29) is 16.3 Å². The molecule has 3 aromatic carbocycles. The zero-order valence-electron chi connectivity index (χ0n) is 23.1. The van der Waals surface area contributed by atoms with Crippen LogP contribution in [0.1, 0.15) is 22.5 Å². The molecule has 1 aromatic heterocycles. The Morgan fingerprint density at radius 2 is 1.65 bits per heavy atom. The number of hydrogen-bond acceptors (Lipinski definition) is 6. The molecule has 0 radical (unpaired) electrons. The van der Waals surface area contributed by atoms with Crippen molar-refractivity contribution >= 4 is 27.8 Å². The molecule has 0 aliphatic rings. The first-order chi connectivity index (χ1) is 19.1. The molecule has 4 aromatic rings. The molecule has 4 rings (SSSR count). The number of aromatic nitrogens is 1. The van der Waals surface area contributed by atoms with E-state index in [9.17, 15) is 13.2 Å². The molecule has 0 aliphatic heterocycles. The first-order valence-corrected chi connectivity index (χ1v) is 14.0. The molecule has 40 heavy (non-hydrogen) atoms. The zero-order valence-corrected chi connectivity index (χ0v) is 23.9. The van der Waals surface area contributed by atoms with Gasteiger partial charge in [0.2, 0.25) is 0 Å². The number of carbonyl (C=O) groups excluding carboxylic acids is 1. The number of nitrogens with zero attached hydrogens (tertiary/aromatic N) is 3. The number of rotatable bonds is 10. The van der Waals surface area contributed by atoms with Crippen molar-refractivity contribution in [1.82, 2.24) is 9.99 Å². The molecule has 208 valence electrons. The lowest BCUT2D eigenvalue weighted by molar-refractivity contribution is -0.119. The largest absolute Gasteiger partial charge is 0.497 e. The van der Waals surface area contributed by atoms with E-state index in [0.29, 0.717) is 5.75 Å². The van der Waals surface area contributed by atoms with Crippen molar-refractivity contribution in [3.05, 3.63) is 101 Å². The van der Waals surface area contributed by atoms with Crippen molar-refractivity contribution in [2.45, 2.75) is 25.7 Å². The third-order valence-corrected chi connectivity index (χ3v) is 8.20. The fraction of sp³-hybridized carbons (Fsp3) is 0.200. The van der Waals surface area contributed by atoms with E-state index in [1.807, 2.05) is 57.2 Å². The molecule has 0 atom stereocenters. The Bertz CT molecular complexity index is 1630. The number of para-hydroxylation sites is 1. The van der Waals surface area contributed by atoms with Gasteiger partial charge in [0, 0.05) is 28.7 Å². The number of methoxy groups -OCH3 is 2. The van der Waals surface area contributed by atoms with Crippen molar-refractivity contribution in [3.8, 4) is 17.2 Å². The number of sulfonamides is 1. The van der Waals surface area contributed by atoms with Crippen LogP contribution in [0.15, 0.2) is 88.9 Å². The maximum absolute atomic E-state index is 13.7. The van der Waals surface area contributed by atoms with Crippen LogP contribution < -0.4 is 19.2 Å². The minimum atomic E-state index is -4.14. The number of hydrazone groups is 1. The van der Waals surface area contributed by atoms with Crippen LogP contribution >= 0.6 is 0 Å². The first-order valence-electron chi connectivity index (χ1n) is 12.5. The van der Waals surface area contributed by atoms with E-state index in [2.05, 4.69) is 15.1 Å². The van der Waals surface area contributed by atoms with E-state index in [0.717, 1.165) is 32.5 Å². The smallest absolute Gasteiger partial charge is 0.264 e. The molecule has 9 nitrogen and oxygen atoms in total. The fourth-order valence-corrected chi connectivity index (χ4v) is 5.79. The van der Waals surface area contributed by atoms with Crippen LogP contribution in [0.2, 0.25) is 0 Å². The summed E-state index contributed by atoms with van der Waals surface area (Å²) in [5, 5.41) is 4.12. The number of anilines is 1. The molecule has 0 saturated carbocycles. The number of benzene rings is 3. The second-order valence-electron chi connectivity index (χ2n) is 9.15. The van der Waals surface area contributed by atoms with Gasteiger partial charge in [-0.05, 0) is 63.2 Å². The number of aryl methyl sites for hydroxylation is 2. The van der Waals surface area contributed by atoms with Crippen molar-refractivity contribution in [2.24, 2.45) is 5.10 Å². The van der Waals surface area contributed by atoms with Crippen LogP contribution in [0.25, 0.3) is 5.69 Å². The fourth-order valence-electron chi connectivity index (χ4n) is 4.36. The molecule has 10 heteroatoms. The van der Waals surface area contributed by atoms with Crippen molar-refractivity contribution in [3.63, 3.8) is 0 Å². The van der Waals surface area contributed by atoms with E-state index in [1.165, 1.54) is 26.4 Å². The molecule has 1 heterocycles. The summed E-state index contributed by atoms with van der Waals surface area (Å²) in [5.41, 5.74) is 7.37. The standard InChI is InChI=1S/C30H32N4O5S/c1-21-11-14-27(15-12-21)40(36,37)33(28-16-13-26(38-4)18-29(28)39-5)20-30(35)32-31-19-24-17-22(2)34(23(24)3)25-9-7-6-8-10-25/h6-19H,20H2,1-5H3,(H,32,35)/b31-19-. The lowest BCUT2D eigenvalue weighted by atomic mass is 10.2. The second-order valence-corrected chi connectivity index (χ2v) is 11.0. The van der Waals surface area contributed by atoms with Crippen LogP contribution in [0.3, 0.4) is 0 Å². The number of hydrogen-bond donors (Lipinski definition) is 1. The average Bonchev–Trinajstić information content (AvgIpc) is 3.24. The Kier molecular flexibility index (Phi) is 8.59. The Balaban J connectivity index is 1.61. The van der Waals surface area contributed by atoms with E-state index in [4.69, 9.17) is 9.47 Å². The minimum Gasteiger partial charge on any atom is -0.497 e.